The zero-order chi connectivity index (χ0) is 12.1. The van der Waals surface area contributed by atoms with Crippen LogP contribution in [-0.2, 0) is 0 Å². The Kier molecular flexibility index (Phi) is 1.94. The van der Waals surface area contributed by atoms with Crippen molar-refractivity contribution in [2.75, 3.05) is 0 Å². The van der Waals surface area contributed by atoms with Crippen molar-refractivity contribution in [2.24, 2.45) is 15.9 Å². The molecule has 0 saturated carbocycles. The van der Waals surface area contributed by atoms with Crippen LogP contribution in [0.1, 0.15) is 20.3 Å². The van der Waals surface area contributed by atoms with Gasteiger partial charge in [-0.2, -0.15) is 5.11 Å². The van der Waals surface area contributed by atoms with Gasteiger partial charge in [-0.1, -0.05) is 44.2 Å². The fraction of sp³-hybridized carbons (Fsp3) is 0.333. The van der Waals surface area contributed by atoms with Gasteiger partial charge in [0, 0.05) is 10.8 Å². The molecule has 0 aliphatic heterocycles. The number of hydrogen-bond donors (Lipinski definition) is 1. The molecule has 2 heteroatoms. The third-order valence-electron chi connectivity index (χ3n) is 4.11. The minimum atomic E-state index is 0.0706. The van der Waals surface area contributed by atoms with E-state index in [2.05, 4.69) is 49.3 Å². The van der Waals surface area contributed by atoms with Crippen LogP contribution in [-0.4, -0.2) is 0 Å². The van der Waals surface area contributed by atoms with Crippen LogP contribution in [0.3, 0.4) is 0 Å². The second-order valence-corrected chi connectivity index (χ2v) is 5.61. The largest absolute Gasteiger partial charge is 0.204 e. The monoisotopic (exact) mass is 224 g/mol. The standard InChI is InChI=1S/C15H16N2/c1-14-7-3-4-11-8-13(17-16)6-5-12(9-14)15(11,2)10-14/h3-9,16H,10H2,1-2H3. The van der Waals surface area contributed by atoms with E-state index in [0.29, 0.717) is 0 Å². The van der Waals surface area contributed by atoms with Crippen molar-refractivity contribution >= 4 is 0 Å². The smallest absolute Gasteiger partial charge is 0.0853 e. The molecular weight excluding hydrogens is 208 g/mol. The third-order valence-corrected chi connectivity index (χ3v) is 4.11. The van der Waals surface area contributed by atoms with Gasteiger partial charge in [-0.25, -0.2) is 5.53 Å². The Morgan fingerprint density at radius 3 is 2.82 bits per heavy atom. The predicted octanol–water partition coefficient (Wildman–Crippen LogP) is 4.31. The summed E-state index contributed by atoms with van der Waals surface area (Å²) in [5.74, 6) is 0. The van der Waals surface area contributed by atoms with E-state index < -0.39 is 0 Å². The summed E-state index contributed by atoms with van der Waals surface area (Å²) in [6.45, 7) is 4.57. The molecule has 0 radical (unpaired) electrons. The first-order chi connectivity index (χ1) is 8.06. The first-order valence-corrected chi connectivity index (χ1v) is 5.96. The average Bonchev–Trinajstić information content (AvgIpc) is 2.40. The number of hydrogen-bond acceptors (Lipinski definition) is 2. The van der Waals surface area contributed by atoms with Gasteiger partial charge in [0.1, 0.15) is 0 Å². The maximum Gasteiger partial charge on any atom is 0.0853 e. The quantitative estimate of drug-likeness (QED) is 0.644. The van der Waals surface area contributed by atoms with Crippen LogP contribution >= 0.6 is 0 Å². The summed E-state index contributed by atoms with van der Waals surface area (Å²) in [5.41, 5.74) is 10.8. The first-order valence-electron chi connectivity index (χ1n) is 5.96. The minimum Gasteiger partial charge on any atom is -0.204 e. The normalized spacial score (nSPS) is 37.9. The van der Waals surface area contributed by atoms with E-state index in [4.69, 9.17) is 5.53 Å². The maximum atomic E-state index is 7.18. The Bertz CT molecular complexity index is 545. The predicted molar refractivity (Wildman–Crippen MR) is 68.5 cm³/mol. The molecule has 2 atom stereocenters. The lowest BCUT2D eigenvalue weighted by Crippen LogP contribution is -2.19. The molecule has 2 bridgehead atoms. The highest BCUT2D eigenvalue weighted by Crippen LogP contribution is 2.56. The Labute approximate surface area is 102 Å². The van der Waals surface area contributed by atoms with Gasteiger partial charge in [0.25, 0.3) is 0 Å². The van der Waals surface area contributed by atoms with Gasteiger partial charge in [0.2, 0.25) is 0 Å². The van der Waals surface area contributed by atoms with Gasteiger partial charge in [-0.3, -0.25) is 0 Å². The second-order valence-electron chi connectivity index (χ2n) is 5.61. The molecule has 0 aromatic heterocycles. The number of fused-ring (bicyclic) bond motifs is 1. The van der Waals surface area contributed by atoms with Crippen LogP contribution in [0.15, 0.2) is 64.5 Å². The molecule has 0 amide bonds. The molecule has 0 fully saturated rings. The Balaban J connectivity index is 2.26. The van der Waals surface area contributed by atoms with E-state index in [1.807, 2.05) is 12.2 Å². The van der Waals surface area contributed by atoms with Gasteiger partial charge in [0.05, 0.1) is 5.70 Å². The highest BCUT2D eigenvalue weighted by atomic mass is 15.0. The molecule has 0 spiro atoms. The molecule has 86 valence electrons. The summed E-state index contributed by atoms with van der Waals surface area (Å²) in [6.07, 6.45) is 16.1. The molecule has 2 nitrogen and oxygen atoms in total. The lowest BCUT2D eigenvalue weighted by molar-refractivity contribution is 0.388. The summed E-state index contributed by atoms with van der Waals surface area (Å²) in [6, 6.07) is 0. The molecule has 3 aliphatic rings. The van der Waals surface area contributed by atoms with Crippen molar-refractivity contribution < 1.29 is 0 Å². The molecule has 3 rings (SSSR count). The number of allylic oxidation sites excluding steroid dienone is 9. The lowest BCUT2D eigenvalue weighted by atomic mass is 9.74. The zero-order valence-corrected chi connectivity index (χ0v) is 10.2. The van der Waals surface area contributed by atoms with Crippen LogP contribution in [0.4, 0.5) is 0 Å². The molecule has 0 heterocycles. The third kappa shape index (κ3) is 1.40. The van der Waals surface area contributed by atoms with Crippen molar-refractivity contribution in [3.8, 4) is 0 Å². The molecule has 1 N–H and O–H groups in total. The van der Waals surface area contributed by atoms with E-state index in [0.717, 1.165) is 12.1 Å². The van der Waals surface area contributed by atoms with Crippen LogP contribution in [0.25, 0.3) is 0 Å². The summed E-state index contributed by atoms with van der Waals surface area (Å²) < 4.78 is 0. The van der Waals surface area contributed by atoms with E-state index >= 15 is 0 Å². The van der Waals surface area contributed by atoms with E-state index in [-0.39, 0.29) is 10.8 Å². The molecule has 2 unspecified atom stereocenters. The van der Waals surface area contributed by atoms with Gasteiger partial charge < -0.3 is 0 Å². The Morgan fingerprint density at radius 2 is 2.06 bits per heavy atom. The summed E-state index contributed by atoms with van der Waals surface area (Å²) in [4.78, 5) is 0. The molecule has 0 saturated heterocycles. The molecular formula is C15H16N2. The van der Waals surface area contributed by atoms with Crippen LogP contribution in [0.5, 0.6) is 0 Å². The van der Waals surface area contributed by atoms with Crippen molar-refractivity contribution in [3.05, 3.63) is 59.4 Å². The fourth-order valence-corrected chi connectivity index (χ4v) is 3.25. The lowest BCUT2D eigenvalue weighted by Gasteiger charge is -2.29. The van der Waals surface area contributed by atoms with E-state index in [1.54, 1.807) is 0 Å². The first kappa shape index (κ1) is 10.5. The maximum absolute atomic E-state index is 7.18. The molecule has 0 aromatic carbocycles. The topological polar surface area (TPSA) is 36.2 Å². The second kappa shape index (κ2) is 3.16. The highest BCUT2D eigenvalue weighted by molar-refractivity contribution is 5.54. The molecule has 3 aliphatic carbocycles. The fourth-order valence-electron chi connectivity index (χ4n) is 3.25. The minimum absolute atomic E-state index is 0.0706. The van der Waals surface area contributed by atoms with Crippen LogP contribution in [0, 0.1) is 16.4 Å². The van der Waals surface area contributed by atoms with Crippen LogP contribution < -0.4 is 0 Å². The zero-order valence-electron chi connectivity index (χ0n) is 10.2. The average molecular weight is 224 g/mol. The highest BCUT2D eigenvalue weighted by Gasteiger charge is 2.44. The van der Waals surface area contributed by atoms with Gasteiger partial charge in [-0.05, 0) is 29.7 Å². The van der Waals surface area contributed by atoms with E-state index in [9.17, 15) is 0 Å². The summed E-state index contributed by atoms with van der Waals surface area (Å²) in [7, 11) is 0. The van der Waals surface area contributed by atoms with E-state index in [1.165, 1.54) is 11.1 Å². The van der Waals surface area contributed by atoms with Crippen molar-refractivity contribution in [3.63, 3.8) is 0 Å². The van der Waals surface area contributed by atoms with Crippen molar-refractivity contribution in [1.29, 1.82) is 5.53 Å². The van der Waals surface area contributed by atoms with Gasteiger partial charge >= 0.3 is 0 Å². The summed E-state index contributed by atoms with van der Waals surface area (Å²) in [5, 5.41) is 3.56. The van der Waals surface area contributed by atoms with Gasteiger partial charge in [-0.15, -0.1) is 0 Å². The number of nitrogens with zero attached hydrogens (tertiary/aromatic N) is 1. The van der Waals surface area contributed by atoms with Gasteiger partial charge in [0.15, 0.2) is 0 Å². The molecule has 17 heavy (non-hydrogen) atoms. The Hall–Kier alpha value is -1.70. The molecule has 0 aromatic rings. The van der Waals surface area contributed by atoms with Crippen molar-refractivity contribution in [2.45, 2.75) is 20.3 Å². The number of nitrogens with one attached hydrogen (secondary N) is 1. The Morgan fingerprint density at radius 1 is 1.24 bits per heavy atom. The van der Waals surface area contributed by atoms with Crippen molar-refractivity contribution in [1.82, 2.24) is 0 Å². The SMILES string of the molecule is CC12C=CC=C3C=C(N=N)C=CC(=C1)C3(C)C2. The van der Waals surface area contributed by atoms with Crippen LogP contribution in [0.2, 0.25) is 0 Å². The summed E-state index contributed by atoms with van der Waals surface area (Å²) >= 11 is 0. The number of rotatable bonds is 1.